The van der Waals surface area contributed by atoms with Crippen LogP contribution in [0.25, 0.3) is 16.5 Å². The van der Waals surface area contributed by atoms with Crippen LogP contribution in [-0.4, -0.2) is 26.8 Å². The zero-order chi connectivity index (χ0) is 18.8. The number of benzene rings is 2. The van der Waals surface area contributed by atoms with E-state index in [1.807, 2.05) is 0 Å². The molecular formula is C16H7ClF3N3O3. The average molecular weight is 382 g/mol. The third-order valence-corrected chi connectivity index (χ3v) is 4.37. The number of hydrogen-bond donors (Lipinski definition) is 2. The van der Waals surface area contributed by atoms with Crippen LogP contribution >= 0.6 is 11.6 Å². The molecule has 0 unspecified atom stereocenters. The molecule has 10 heteroatoms. The Labute approximate surface area is 147 Å². The van der Waals surface area contributed by atoms with E-state index in [0.717, 1.165) is 0 Å². The minimum absolute atomic E-state index is 0.0197. The number of anilines is 1. The summed E-state index contributed by atoms with van der Waals surface area (Å²) in [6, 6.07) is 5.75. The van der Waals surface area contributed by atoms with Gasteiger partial charge in [0.15, 0.2) is 5.69 Å². The largest absolute Gasteiger partial charge is 0.478 e. The third-order valence-electron chi connectivity index (χ3n) is 4.07. The number of carboxylic acid groups (broad SMARTS) is 1. The summed E-state index contributed by atoms with van der Waals surface area (Å²) in [5.74, 6) is -2.18. The van der Waals surface area contributed by atoms with Crippen molar-refractivity contribution in [2.24, 2.45) is 0 Å². The highest BCUT2D eigenvalue weighted by Gasteiger charge is 2.41. The number of rotatable bonds is 2. The summed E-state index contributed by atoms with van der Waals surface area (Å²) in [5.41, 5.74) is -1.93. The molecule has 26 heavy (non-hydrogen) atoms. The van der Waals surface area contributed by atoms with E-state index < -0.39 is 29.3 Å². The molecule has 4 rings (SSSR count). The third kappa shape index (κ3) is 2.17. The molecule has 1 aliphatic heterocycles. The minimum atomic E-state index is -4.96. The van der Waals surface area contributed by atoms with Crippen LogP contribution in [0.3, 0.4) is 0 Å². The maximum atomic E-state index is 13.5. The van der Waals surface area contributed by atoms with Gasteiger partial charge in [0.2, 0.25) is 0 Å². The van der Waals surface area contributed by atoms with E-state index in [9.17, 15) is 22.8 Å². The fraction of sp³-hybridized carbons (Fsp3) is 0.0625. The Hall–Kier alpha value is -3.07. The number of nitrogens with one attached hydrogen (secondary N) is 1. The summed E-state index contributed by atoms with van der Waals surface area (Å²) in [7, 11) is 0. The molecule has 3 aromatic rings. The number of halogens is 4. The second kappa shape index (κ2) is 5.21. The summed E-state index contributed by atoms with van der Waals surface area (Å²) in [6.45, 7) is 0. The molecule has 0 saturated carbocycles. The summed E-state index contributed by atoms with van der Waals surface area (Å²) in [6.07, 6.45) is -4.33. The molecule has 6 nitrogen and oxygen atoms in total. The van der Waals surface area contributed by atoms with Crippen molar-refractivity contribution in [3.8, 4) is 5.69 Å². The quantitative estimate of drug-likeness (QED) is 0.703. The number of hydrogen-bond acceptors (Lipinski definition) is 3. The van der Waals surface area contributed by atoms with Gasteiger partial charge in [-0.3, -0.25) is 4.79 Å². The van der Waals surface area contributed by atoms with Gasteiger partial charge in [0.25, 0.3) is 5.91 Å². The monoisotopic (exact) mass is 381 g/mol. The fourth-order valence-electron chi connectivity index (χ4n) is 3.05. The van der Waals surface area contributed by atoms with E-state index in [1.54, 1.807) is 0 Å². The highest BCUT2D eigenvalue weighted by molar-refractivity contribution is 6.39. The molecule has 1 aliphatic rings. The second-order valence-corrected chi connectivity index (χ2v) is 5.96. The first kappa shape index (κ1) is 16.4. The number of carbonyl (C=O) groups is 2. The number of amides is 1. The molecule has 0 fully saturated rings. The number of carbonyl (C=O) groups excluding carboxylic acids is 1. The molecule has 0 spiro atoms. The lowest BCUT2D eigenvalue weighted by atomic mass is 10.0. The smallest absolute Gasteiger partial charge is 0.434 e. The Balaban J connectivity index is 2.12. The molecule has 1 amide bonds. The number of alkyl halides is 3. The van der Waals surface area contributed by atoms with E-state index in [1.165, 1.54) is 24.3 Å². The Kier molecular flexibility index (Phi) is 3.29. The van der Waals surface area contributed by atoms with Gasteiger partial charge in [-0.05, 0) is 12.1 Å². The van der Waals surface area contributed by atoms with Gasteiger partial charge in [-0.25, -0.2) is 9.48 Å². The first-order valence-electron chi connectivity index (χ1n) is 7.15. The van der Waals surface area contributed by atoms with Crippen LogP contribution < -0.4 is 5.32 Å². The predicted octanol–water partition coefficient (Wildman–Crippen LogP) is 3.96. The van der Waals surface area contributed by atoms with Crippen molar-refractivity contribution in [3.63, 3.8) is 0 Å². The van der Waals surface area contributed by atoms with Gasteiger partial charge >= 0.3 is 12.1 Å². The van der Waals surface area contributed by atoms with Crippen molar-refractivity contribution in [1.82, 2.24) is 9.78 Å². The Bertz CT molecular complexity index is 1120. The number of carboxylic acids is 1. The molecular weight excluding hydrogens is 375 g/mol. The van der Waals surface area contributed by atoms with E-state index in [0.29, 0.717) is 22.0 Å². The molecule has 0 bridgehead atoms. The first-order valence-corrected chi connectivity index (χ1v) is 7.53. The van der Waals surface area contributed by atoms with Crippen LogP contribution in [0.2, 0.25) is 5.02 Å². The van der Waals surface area contributed by atoms with Gasteiger partial charge in [0.05, 0.1) is 22.6 Å². The van der Waals surface area contributed by atoms with Gasteiger partial charge < -0.3 is 10.4 Å². The average Bonchev–Trinajstić information content (AvgIpc) is 3.14. The van der Waals surface area contributed by atoms with Crippen LogP contribution in [0.1, 0.15) is 26.4 Å². The van der Waals surface area contributed by atoms with Crippen molar-refractivity contribution < 1.29 is 27.9 Å². The fourth-order valence-corrected chi connectivity index (χ4v) is 3.30. The molecule has 0 atom stereocenters. The predicted molar refractivity (Wildman–Crippen MR) is 86.0 cm³/mol. The lowest BCUT2D eigenvalue weighted by molar-refractivity contribution is -0.143. The second-order valence-electron chi connectivity index (χ2n) is 5.56. The van der Waals surface area contributed by atoms with Gasteiger partial charge in [0, 0.05) is 16.3 Å². The van der Waals surface area contributed by atoms with Crippen LogP contribution in [0.4, 0.5) is 18.9 Å². The molecule has 0 aliphatic carbocycles. The highest BCUT2D eigenvalue weighted by Crippen LogP contribution is 2.43. The maximum Gasteiger partial charge on any atom is 0.434 e. The molecule has 2 heterocycles. The molecule has 2 aromatic carbocycles. The van der Waals surface area contributed by atoms with Crippen molar-refractivity contribution in [3.05, 3.63) is 52.3 Å². The van der Waals surface area contributed by atoms with Crippen molar-refractivity contribution in [2.45, 2.75) is 6.18 Å². The Morgan fingerprint density at radius 2 is 2.04 bits per heavy atom. The highest BCUT2D eigenvalue weighted by atomic mass is 35.5. The molecule has 132 valence electrons. The minimum Gasteiger partial charge on any atom is -0.478 e. The van der Waals surface area contributed by atoms with E-state index in [2.05, 4.69) is 10.4 Å². The van der Waals surface area contributed by atoms with Crippen LogP contribution in [0, 0.1) is 0 Å². The van der Waals surface area contributed by atoms with Gasteiger partial charge in [-0.1, -0.05) is 23.7 Å². The van der Waals surface area contributed by atoms with Crippen LogP contribution in [0.5, 0.6) is 0 Å². The first-order chi connectivity index (χ1) is 12.2. The zero-order valence-corrected chi connectivity index (χ0v) is 13.3. The molecule has 2 N–H and O–H groups in total. The SMILES string of the molecule is O=C(O)c1cnn(-c2cc(Cl)c3c4c(cccc24)C(=O)N3)c1C(F)(F)F. The van der Waals surface area contributed by atoms with Crippen LogP contribution in [-0.2, 0) is 6.18 Å². The van der Waals surface area contributed by atoms with Crippen molar-refractivity contribution in [2.75, 3.05) is 5.32 Å². The number of aromatic nitrogens is 2. The van der Waals surface area contributed by atoms with E-state index in [4.69, 9.17) is 16.7 Å². The Morgan fingerprint density at radius 1 is 1.31 bits per heavy atom. The Morgan fingerprint density at radius 3 is 2.69 bits per heavy atom. The van der Waals surface area contributed by atoms with E-state index >= 15 is 0 Å². The van der Waals surface area contributed by atoms with Gasteiger partial charge in [0.1, 0.15) is 5.56 Å². The normalized spacial score (nSPS) is 13.3. The lowest BCUT2D eigenvalue weighted by Gasteiger charge is -2.15. The summed E-state index contributed by atoms with van der Waals surface area (Å²) in [4.78, 5) is 23.2. The van der Waals surface area contributed by atoms with Gasteiger partial charge in [-0.2, -0.15) is 18.3 Å². The molecule has 1 aromatic heterocycles. The lowest BCUT2D eigenvalue weighted by Crippen LogP contribution is -2.17. The standard InChI is InChI=1S/C16H7ClF3N3O3/c17-9-4-10(6-2-1-3-7-11(6)12(9)22-14(7)24)23-13(16(18,19)20)8(5-21-23)15(25)26/h1-5H,(H,22,24)(H,25,26). The molecule has 0 radical (unpaired) electrons. The molecule has 0 saturated heterocycles. The van der Waals surface area contributed by atoms with Crippen LogP contribution in [0.15, 0.2) is 30.5 Å². The number of aromatic carboxylic acids is 1. The van der Waals surface area contributed by atoms with Crippen molar-refractivity contribution in [1.29, 1.82) is 0 Å². The summed E-state index contributed by atoms with van der Waals surface area (Å²) >= 11 is 6.14. The van der Waals surface area contributed by atoms with E-state index in [-0.39, 0.29) is 21.7 Å². The van der Waals surface area contributed by atoms with Gasteiger partial charge in [-0.15, -0.1) is 0 Å². The van der Waals surface area contributed by atoms with Crippen molar-refractivity contribution >= 4 is 39.9 Å². The number of nitrogens with zero attached hydrogens (tertiary/aromatic N) is 2. The summed E-state index contributed by atoms with van der Waals surface area (Å²) < 4.78 is 41.0. The topological polar surface area (TPSA) is 84.2 Å². The summed E-state index contributed by atoms with van der Waals surface area (Å²) in [5, 5.41) is 15.9. The maximum absolute atomic E-state index is 13.5. The zero-order valence-electron chi connectivity index (χ0n) is 12.6.